The second kappa shape index (κ2) is 6.06. The van der Waals surface area contributed by atoms with Gasteiger partial charge in [0.15, 0.2) is 0 Å². The molecule has 0 spiro atoms. The van der Waals surface area contributed by atoms with Crippen molar-refractivity contribution >= 4 is 11.6 Å². The van der Waals surface area contributed by atoms with E-state index in [9.17, 15) is 4.79 Å². The highest BCUT2D eigenvalue weighted by atomic mass is 16.5. The van der Waals surface area contributed by atoms with Gasteiger partial charge in [0.25, 0.3) is 5.91 Å². The highest BCUT2D eigenvalue weighted by Crippen LogP contribution is 2.20. The lowest BCUT2D eigenvalue weighted by molar-refractivity contribution is -0.0585. The lowest BCUT2D eigenvalue weighted by Gasteiger charge is -2.35. The molecule has 1 aliphatic rings. The molecular weight excluding hydrogens is 240 g/mol. The van der Waals surface area contributed by atoms with Gasteiger partial charge in [-0.1, -0.05) is 12.1 Å². The fraction of sp³-hybridized carbons (Fsp3) is 0.533. The minimum Gasteiger partial charge on any atom is -0.385 e. The standard InChI is InChI=1S/C15H22N2O2/c1-4-16-14-8-6-5-7-13(14)15(18)17-9-11(2)19-12(3)10-17/h5-8,11-12,16H,4,9-10H2,1-3H3/t11-,12+. The van der Waals surface area contributed by atoms with Gasteiger partial charge in [0.05, 0.1) is 17.8 Å². The quantitative estimate of drug-likeness (QED) is 0.909. The van der Waals surface area contributed by atoms with E-state index in [2.05, 4.69) is 5.32 Å². The Morgan fingerprint density at radius 3 is 2.58 bits per heavy atom. The summed E-state index contributed by atoms with van der Waals surface area (Å²) < 4.78 is 5.67. The first-order valence-electron chi connectivity index (χ1n) is 6.89. The van der Waals surface area contributed by atoms with Crippen LogP contribution in [-0.2, 0) is 4.74 Å². The summed E-state index contributed by atoms with van der Waals surface area (Å²) in [6.07, 6.45) is 0.193. The van der Waals surface area contributed by atoms with Gasteiger partial charge in [0.1, 0.15) is 0 Å². The van der Waals surface area contributed by atoms with Crippen LogP contribution in [0.2, 0.25) is 0 Å². The van der Waals surface area contributed by atoms with Gasteiger partial charge in [-0.25, -0.2) is 0 Å². The highest BCUT2D eigenvalue weighted by molar-refractivity contribution is 5.99. The van der Waals surface area contributed by atoms with Crippen LogP contribution in [0, 0.1) is 0 Å². The Bertz CT molecular complexity index is 438. The van der Waals surface area contributed by atoms with E-state index in [1.165, 1.54) is 0 Å². The third-order valence-electron chi connectivity index (χ3n) is 3.23. The van der Waals surface area contributed by atoms with Gasteiger partial charge < -0.3 is 15.0 Å². The Morgan fingerprint density at radius 2 is 1.95 bits per heavy atom. The smallest absolute Gasteiger partial charge is 0.256 e. The summed E-state index contributed by atoms with van der Waals surface area (Å²) in [6, 6.07) is 7.68. The average Bonchev–Trinajstić information content (AvgIpc) is 2.38. The van der Waals surface area contributed by atoms with E-state index >= 15 is 0 Å². The molecule has 1 aromatic rings. The number of carbonyl (C=O) groups excluding carboxylic acids is 1. The van der Waals surface area contributed by atoms with Crippen LogP contribution in [0.3, 0.4) is 0 Å². The van der Waals surface area contributed by atoms with E-state index in [0.717, 1.165) is 17.8 Å². The maximum Gasteiger partial charge on any atom is 0.256 e. The zero-order valence-electron chi connectivity index (χ0n) is 11.8. The van der Waals surface area contributed by atoms with E-state index in [0.29, 0.717) is 13.1 Å². The molecule has 19 heavy (non-hydrogen) atoms. The summed E-state index contributed by atoms with van der Waals surface area (Å²) in [7, 11) is 0. The fourth-order valence-electron chi connectivity index (χ4n) is 2.53. The second-order valence-electron chi connectivity index (χ2n) is 5.04. The van der Waals surface area contributed by atoms with Gasteiger partial charge in [-0.05, 0) is 32.9 Å². The maximum atomic E-state index is 12.6. The number of nitrogens with zero attached hydrogens (tertiary/aromatic N) is 1. The van der Waals surface area contributed by atoms with Gasteiger partial charge in [-0.15, -0.1) is 0 Å². The van der Waals surface area contributed by atoms with Crippen LogP contribution in [0.25, 0.3) is 0 Å². The molecule has 0 bridgehead atoms. The van der Waals surface area contributed by atoms with Crippen molar-refractivity contribution in [2.75, 3.05) is 25.0 Å². The summed E-state index contributed by atoms with van der Waals surface area (Å²) in [5.74, 6) is 0.0820. The van der Waals surface area contributed by atoms with Crippen molar-refractivity contribution in [1.82, 2.24) is 4.90 Å². The predicted octanol–water partition coefficient (Wildman–Crippen LogP) is 2.37. The number of morpholine rings is 1. The number of hydrogen-bond donors (Lipinski definition) is 1. The Kier molecular flexibility index (Phi) is 4.43. The summed E-state index contributed by atoms with van der Waals surface area (Å²) >= 11 is 0. The Labute approximate surface area is 114 Å². The molecule has 1 amide bonds. The maximum absolute atomic E-state index is 12.6. The molecule has 1 saturated heterocycles. The van der Waals surface area contributed by atoms with Crippen molar-refractivity contribution in [2.24, 2.45) is 0 Å². The number of carbonyl (C=O) groups is 1. The van der Waals surface area contributed by atoms with Gasteiger partial charge >= 0.3 is 0 Å². The zero-order chi connectivity index (χ0) is 13.8. The number of benzene rings is 1. The zero-order valence-corrected chi connectivity index (χ0v) is 11.8. The average molecular weight is 262 g/mol. The number of para-hydroxylation sites is 1. The fourth-order valence-corrected chi connectivity index (χ4v) is 2.53. The lowest BCUT2D eigenvalue weighted by Crippen LogP contribution is -2.48. The molecule has 0 aromatic heterocycles. The summed E-state index contributed by atoms with van der Waals surface area (Å²) in [5, 5.41) is 3.24. The number of hydrogen-bond acceptors (Lipinski definition) is 3. The van der Waals surface area contributed by atoms with Crippen LogP contribution in [-0.4, -0.2) is 42.6 Å². The van der Waals surface area contributed by atoms with E-state index in [1.807, 2.05) is 49.9 Å². The third-order valence-corrected chi connectivity index (χ3v) is 3.23. The molecule has 1 heterocycles. The number of rotatable bonds is 3. The minimum absolute atomic E-state index is 0.0820. The molecule has 1 N–H and O–H groups in total. The number of nitrogens with one attached hydrogen (secondary N) is 1. The van der Waals surface area contributed by atoms with Crippen LogP contribution < -0.4 is 5.32 Å². The van der Waals surface area contributed by atoms with E-state index in [4.69, 9.17) is 4.74 Å². The molecule has 2 rings (SSSR count). The van der Waals surface area contributed by atoms with Crippen molar-refractivity contribution in [3.05, 3.63) is 29.8 Å². The lowest BCUT2D eigenvalue weighted by atomic mass is 10.1. The monoisotopic (exact) mass is 262 g/mol. The van der Waals surface area contributed by atoms with Gasteiger partial charge in [-0.2, -0.15) is 0 Å². The molecule has 0 saturated carbocycles. The molecule has 1 aliphatic heterocycles. The molecule has 2 atom stereocenters. The van der Waals surface area contributed by atoms with E-state index in [1.54, 1.807) is 0 Å². The Hall–Kier alpha value is -1.55. The largest absolute Gasteiger partial charge is 0.385 e. The van der Waals surface area contributed by atoms with Gasteiger partial charge in [-0.3, -0.25) is 4.79 Å². The van der Waals surface area contributed by atoms with Crippen LogP contribution in [0.4, 0.5) is 5.69 Å². The molecule has 0 radical (unpaired) electrons. The SMILES string of the molecule is CCNc1ccccc1C(=O)N1C[C@@H](C)O[C@@H](C)C1. The molecular formula is C15H22N2O2. The van der Waals surface area contributed by atoms with Crippen LogP contribution in [0.5, 0.6) is 0 Å². The molecule has 0 aliphatic carbocycles. The number of ether oxygens (including phenoxy) is 1. The first-order chi connectivity index (χ1) is 9.11. The first kappa shape index (κ1) is 13.9. The van der Waals surface area contributed by atoms with Crippen molar-refractivity contribution < 1.29 is 9.53 Å². The minimum atomic E-state index is 0.0820. The number of amides is 1. The summed E-state index contributed by atoms with van der Waals surface area (Å²) in [5.41, 5.74) is 1.65. The van der Waals surface area contributed by atoms with Crippen LogP contribution >= 0.6 is 0 Å². The molecule has 1 fully saturated rings. The summed E-state index contributed by atoms with van der Waals surface area (Å²) in [4.78, 5) is 14.5. The molecule has 4 nitrogen and oxygen atoms in total. The van der Waals surface area contributed by atoms with Crippen molar-refractivity contribution in [2.45, 2.75) is 33.0 Å². The van der Waals surface area contributed by atoms with E-state index < -0.39 is 0 Å². The second-order valence-corrected chi connectivity index (χ2v) is 5.04. The molecule has 1 aromatic carbocycles. The normalized spacial score (nSPS) is 23.2. The predicted molar refractivity (Wildman–Crippen MR) is 76.5 cm³/mol. The highest BCUT2D eigenvalue weighted by Gasteiger charge is 2.27. The van der Waals surface area contributed by atoms with Gasteiger partial charge in [0.2, 0.25) is 0 Å². The van der Waals surface area contributed by atoms with Crippen LogP contribution in [0.15, 0.2) is 24.3 Å². The van der Waals surface area contributed by atoms with Crippen LogP contribution in [0.1, 0.15) is 31.1 Å². The molecule has 0 unspecified atom stereocenters. The van der Waals surface area contributed by atoms with E-state index in [-0.39, 0.29) is 18.1 Å². The summed E-state index contributed by atoms with van der Waals surface area (Å²) in [6.45, 7) is 8.16. The molecule has 104 valence electrons. The number of anilines is 1. The topological polar surface area (TPSA) is 41.6 Å². The Balaban J connectivity index is 2.19. The van der Waals surface area contributed by atoms with Crippen molar-refractivity contribution in [3.8, 4) is 0 Å². The third kappa shape index (κ3) is 3.26. The van der Waals surface area contributed by atoms with Gasteiger partial charge in [0, 0.05) is 25.3 Å². The first-order valence-corrected chi connectivity index (χ1v) is 6.89. The van der Waals surface area contributed by atoms with Crippen molar-refractivity contribution in [3.63, 3.8) is 0 Å². The Morgan fingerprint density at radius 1 is 1.32 bits per heavy atom. The molecule has 4 heteroatoms. The van der Waals surface area contributed by atoms with Crippen molar-refractivity contribution in [1.29, 1.82) is 0 Å².